The Bertz CT molecular complexity index is 3230. The Kier molecular flexibility index (Phi) is 5.12. The molecule has 0 radical (unpaired) electrons. The van der Waals surface area contributed by atoms with Crippen molar-refractivity contribution in [3.05, 3.63) is 182 Å². The molecule has 51 heavy (non-hydrogen) atoms. The summed E-state index contributed by atoms with van der Waals surface area (Å²) in [4.78, 5) is 14.9. The third kappa shape index (κ3) is 4.96. The second kappa shape index (κ2) is 11.9. The van der Waals surface area contributed by atoms with Gasteiger partial charge in [0.1, 0.15) is 0 Å². The predicted octanol–water partition coefficient (Wildman–Crippen LogP) is 11.9. The Morgan fingerprint density at radius 2 is 0.902 bits per heavy atom. The molecule has 2 aromatic heterocycles. The van der Waals surface area contributed by atoms with Gasteiger partial charge in [-0.25, -0.2) is 15.0 Å². The first-order chi connectivity index (χ1) is 28.6. The second-order valence-electron chi connectivity index (χ2n) is 12.3. The predicted molar refractivity (Wildman–Crippen MR) is 211 cm³/mol. The summed E-state index contributed by atoms with van der Waals surface area (Å²) in [5.74, 6) is 1.05. The van der Waals surface area contributed by atoms with Crippen molar-refractivity contribution in [2.75, 3.05) is 0 Å². The number of aromatic nitrogens is 4. The molecular weight excluding hydrogens is 621 g/mol. The van der Waals surface area contributed by atoms with E-state index in [0.717, 1.165) is 43.8 Å². The van der Waals surface area contributed by atoms with Gasteiger partial charge in [-0.1, -0.05) is 152 Å². The van der Waals surface area contributed by atoms with Crippen LogP contribution in [0.25, 0.3) is 94.3 Å². The molecule has 0 atom stereocenters. The van der Waals surface area contributed by atoms with Crippen molar-refractivity contribution >= 4 is 43.4 Å². The molecule has 10 rings (SSSR count). The molecule has 0 aliphatic carbocycles. The number of nitrogens with zero attached hydrogens (tertiary/aromatic N) is 4. The highest BCUT2D eigenvalue weighted by Gasteiger charge is 2.20. The van der Waals surface area contributed by atoms with E-state index in [-0.39, 0.29) is 27.6 Å². The first kappa shape index (κ1) is 21.9. The highest BCUT2D eigenvalue weighted by molar-refractivity contribution is 6.10. The number of benzene rings is 8. The lowest BCUT2D eigenvalue weighted by Gasteiger charge is -2.17. The fraction of sp³-hybridized carbons (Fsp3) is 0. The van der Waals surface area contributed by atoms with E-state index in [9.17, 15) is 2.74 Å². The number of para-hydroxylation sites is 2. The molecule has 0 bridgehead atoms. The zero-order valence-corrected chi connectivity index (χ0v) is 27.0. The fourth-order valence-corrected chi connectivity index (χ4v) is 6.86. The molecule has 0 aliphatic heterocycles. The lowest BCUT2D eigenvalue weighted by Crippen LogP contribution is -2.04. The van der Waals surface area contributed by atoms with Gasteiger partial charge in [0.2, 0.25) is 0 Å². The minimum absolute atomic E-state index is 0.00141. The van der Waals surface area contributed by atoms with Gasteiger partial charge in [-0.05, 0) is 63.0 Å². The summed E-state index contributed by atoms with van der Waals surface area (Å²) in [5, 5.41) is 4.26. The average molecular weight is 659 g/mol. The van der Waals surface area contributed by atoms with Crippen molar-refractivity contribution in [1.29, 1.82) is 0 Å². The minimum Gasteiger partial charge on any atom is -0.308 e. The second-order valence-corrected chi connectivity index (χ2v) is 12.3. The van der Waals surface area contributed by atoms with E-state index >= 15 is 0 Å². The van der Waals surface area contributed by atoms with E-state index in [1.54, 1.807) is 0 Å². The van der Waals surface area contributed by atoms with Crippen LogP contribution in [0.2, 0.25) is 0 Å². The third-order valence-corrected chi connectivity index (χ3v) is 9.29. The van der Waals surface area contributed by atoms with Crippen molar-refractivity contribution in [1.82, 2.24) is 19.5 Å². The van der Waals surface area contributed by atoms with Gasteiger partial charge in [-0.3, -0.25) is 0 Å². The summed E-state index contributed by atoms with van der Waals surface area (Å²) < 4.78 is 73.0. The standard InChI is InChI=1S/C47H30N4/c1-3-14-33(15-4-1)45-48-46(34-16-5-2-6-17-34)50-47(49-45)40-28-27-36(35-26-25-32-24-23-31-13-7-8-18-37(31)41(32)29-35)30-44(40)51-42-21-11-9-19-38(42)39-20-10-12-22-43(39)51/h1-30H/i9D,10D,11D,12D,19D,20D,21D,22D. The zero-order chi connectivity index (χ0) is 40.7. The number of hydrogen-bond donors (Lipinski definition) is 0. The molecule has 0 N–H and O–H groups in total. The quantitative estimate of drug-likeness (QED) is 0.173. The van der Waals surface area contributed by atoms with E-state index in [4.69, 9.17) is 23.2 Å². The van der Waals surface area contributed by atoms with Crippen LogP contribution in [0.15, 0.2) is 182 Å². The molecule has 0 unspecified atom stereocenters. The molecule has 0 saturated heterocycles. The van der Waals surface area contributed by atoms with Crippen LogP contribution in [0, 0.1) is 0 Å². The number of rotatable bonds is 5. The van der Waals surface area contributed by atoms with E-state index in [2.05, 4.69) is 36.4 Å². The summed E-state index contributed by atoms with van der Waals surface area (Å²) in [5.41, 5.74) is 3.89. The maximum absolute atomic E-state index is 9.28. The summed E-state index contributed by atoms with van der Waals surface area (Å²) in [6, 6.07) is 39.6. The Hall–Kier alpha value is -6.91. The van der Waals surface area contributed by atoms with Crippen LogP contribution in [-0.4, -0.2) is 19.5 Å². The van der Waals surface area contributed by atoms with Crippen molar-refractivity contribution in [3.63, 3.8) is 0 Å². The smallest absolute Gasteiger partial charge is 0.166 e. The Labute approximate surface area is 306 Å². The van der Waals surface area contributed by atoms with Gasteiger partial charge in [0.15, 0.2) is 17.5 Å². The van der Waals surface area contributed by atoms with Gasteiger partial charge in [0.25, 0.3) is 0 Å². The van der Waals surface area contributed by atoms with Crippen LogP contribution in [0.4, 0.5) is 0 Å². The Morgan fingerprint density at radius 3 is 1.57 bits per heavy atom. The topological polar surface area (TPSA) is 43.6 Å². The molecule has 0 amide bonds. The number of fused-ring (bicyclic) bond motifs is 6. The maximum atomic E-state index is 9.28. The van der Waals surface area contributed by atoms with Gasteiger partial charge in [0.05, 0.1) is 27.7 Å². The molecule has 0 saturated carbocycles. The fourth-order valence-electron chi connectivity index (χ4n) is 6.86. The first-order valence-electron chi connectivity index (χ1n) is 20.5. The van der Waals surface area contributed by atoms with Gasteiger partial charge in [-0.2, -0.15) is 0 Å². The Morgan fingerprint density at radius 1 is 0.392 bits per heavy atom. The summed E-state index contributed by atoms with van der Waals surface area (Å²) in [6.45, 7) is 0. The Balaban J connectivity index is 1.36. The molecule has 8 aromatic carbocycles. The van der Waals surface area contributed by atoms with E-state index in [0.29, 0.717) is 22.9 Å². The number of hydrogen-bond acceptors (Lipinski definition) is 3. The molecule has 0 fully saturated rings. The molecule has 238 valence electrons. The lowest BCUT2D eigenvalue weighted by atomic mass is 9.96. The van der Waals surface area contributed by atoms with Crippen molar-refractivity contribution < 1.29 is 11.0 Å². The molecule has 0 aliphatic rings. The molecule has 10 aromatic rings. The monoisotopic (exact) mass is 658 g/mol. The minimum atomic E-state index is -0.510. The van der Waals surface area contributed by atoms with Crippen LogP contribution in [0.1, 0.15) is 11.0 Å². The van der Waals surface area contributed by atoms with E-state index in [1.165, 1.54) is 4.57 Å². The lowest BCUT2D eigenvalue weighted by molar-refractivity contribution is 1.06. The first-order valence-corrected chi connectivity index (χ1v) is 16.5. The van der Waals surface area contributed by atoms with Gasteiger partial charge >= 0.3 is 0 Å². The molecule has 4 nitrogen and oxygen atoms in total. The third-order valence-electron chi connectivity index (χ3n) is 9.29. The van der Waals surface area contributed by atoms with Crippen molar-refractivity contribution in [2.24, 2.45) is 0 Å². The molecule has 4 heteroatoms. The van der Waals surface area contributed by atoms with E-state index in [1.807, 2.05) is 97.1 Å². The highest BCUT2D eigenvalue weighted by Crippen LogP contribution is 2.39. The van der Waals surface area contributed by atoms with Crippen molar-refractivity contribution in [2.45, 2.75) is 0 Å². The zero-order valence-electron chi connectivity index (χ0n) is 35.0. The van der Waals surface area contributed by atoms with Gasteiger partial charge < -0.3 is 4.57 Å². The van der Waals surface area contributed by atoms with Crippen molar-refractivity contribution in [3.8, 4) is 51.0 Å². The SMILES string of the molecule is [2H]c1c([2H])c([2H])c2c(c1[2H])c1c([2H])c([2H])c([2H])c([2H])c1n2-c1cc(-c2ccc3ccc4ccccc4c3c2)ccc1-c1nc(-c2ccccc2)nc(-c2ccccc2)n1. The van der Waals surface area contributed by atoms with E-state index < -0.39 is 48.3 Å². The normalized spacial score (nSPS) is 13.7. The van der Waals surface area contributed by atoms with Gasteiger partial charge in [0, 0.05) is 27.5 Å². The maximum Gasteiger partial charge on any atom is 0.166 e. The van der Waals surface area contributed by atoms with Crippen LogP contribution in [0.3, 0.4) is 0 Å². The summed E-state index contributed by atoms with van der Waals surface area (Å²) in [7, 11) is 0. The largest absolute Gasteiger partial charge is 0.308 e. The van der Waals surface area contributed by atoms with Crippen LogP contribution in [0.5, 0.6) is 0 Å². The van der Waals surface area contributed by atoms with Crippen LogP contribution >= 0.6 is 0 Å². The van der Waals surface area contributed by atoms with Crippen LogP contribution < -0.4 is 0 Å². The average Bonchev–Trinajstić information content (AvgIpc) is 3.65. The summed E-state index contributed by atoms with van der Waals surface area (Å²) >= 11 is 0. The summed E-state index contributed by atoms with van der Waals surface area (Å²) in [6.07, 6.45) is 0. The van der Waals surface area contributed by atoms with Gasteiger partial charge in [-0.15, -0.1) is 0 Å². The molecule has 0 spiro atoms. The molecule has 2 heterocycles. The molecular formula is C47H30N4. The van der Waals surface area contributed by atoms with Crippen LogP contribution in [-0.2, 0) is 0 Å². The highest BCUT2D eigenvalue weighted by atomic mass is 15.1.